The maximum Gasteiger partial charge on any atom is 0.225 e. The second-order valence-electron chi connectivity index (χ2n) is 8.31. The van der Waals surface area contributed by atoms with Gasteiger partial charge in [0, 0.05) is 45.8 Å². The Bertz CT molecular complexity index is 834. The zero-order chi connectivity index (χ0) is 20.4. The van der Waals surface area contributed by atoms with Crippen molar-refractivity contribution in [3.8, 4) is 0 Å². The summed E-state index contributed by atoms with van der Waals surface area (Å²) in [6, 6.07) is 8.24. The first-order chi connectivity index (χ1) is 14.1. The summed E-state index contributed by atoms with van der Waals surface area (Å²) in [5, 5.41) is 0. The van der Waals surface area contributed by atoms with Crippen LogP contribution >= 0.6 is 0 Å². The van der Waals surface area contributed by atoms with Crippen molar-refractivity contribution in [2.45, 2.75) is 45.4 Å². The van der Waals surface area contributed by atoms with Gasteiger partial charge in [-0.05, 0) is 38.8 Å². The lowest BCUT2D eigenvalue weighted by atomic mass is 9.95. The van der Waals surface area contributed by atoms with Gasteiger partial charge < -0.3 is 23.8 Å². The Labute approximate surface area is 172 Å². The molecule has 3 heterocycles. The normalized spacial score (nSPS) is 23.7. The topological polar surface area (TPSA) is 59.8 Å². The molecule has 2 fully saturated rings. The van der Waals surface area contributed by atoms with Crippen LogP contribution in [0.5, 0.6) is 0 Å². The number of aromatic nitrogens is 2. The van der Waals surface area contributed by atoms with E-state index in [9.17, 15) is 4.79 Å². The van der Waals surface area contributed by atoms with Crippen LogP contribution in [0.3, 0.4) is 0 Å². The third-order valence-electron chi connectivity index (χ3n) is 6.01. The molecular weight excluding hydrogens is 368 g/mol. The number of morpholine rings is 1. The number of hydrogen-bond donors (Lipinski definition) is 0. The number of hydrogen-bond acceptors (Lipinski definition) is 5. The molecule has 158 valence electrons. The lowest BCUT2D eigenvalue weighted by Crippen LogP contribution is -2.51. The van der Waals surface area contributed by atoms with E-state index >= 15 is 0 Å². The highest BCUT2D eigenvalue weighted by Crippen LogP contribution is 2.28. The Balaban J connectivity index is 1.45. The van der Waals surface area contributed by atoms with Crippen molar-refractivity contribution >= 4 is 22.9 Å². The number of carbonyl (C=O) groups excluding carboxylic acids is 1. The molecule has 7 nitrogen and oxygen atoms in total. The molecule has 2 atom stereocenters. The van der Waals surface area contributed by atoms with Gasteiger partial charge in [-0.25, -0.2) is 4.98 Å². The number of fused-ring (bicyclic) bond motifs is 1. The van der Waals surface area contributed by atoms with Crippen molar-refractivity contribution < 1.29 is 14.3 Å². The van der Waals surface area contributed by atoms with Crippen molar-refractivity contribution in [1.29, 1.82) is 0 Å². The fourth-order valence-corrected chi connectivity index (χ4v) is 4.65. The molecule has 2 aromatic rings. The van der Waals surface area contributed by atoms with Crippen LogP contribution in [0.1, 0.15) is 26.7 Å². The van der Waals surface area contributed by atoms with Crippen molar-refractivity contribution in [3.63, 3.8) is 0 Å². The van der Waals surface area contributed by atoms with Crippen molar-refractivity contribution in [1.82, 2.24) is 14.5 Å². The third-order valence-corrected chi connectivity index (χ3v) is 6.01. The predicted octanol–water partition coefficient (Wildman–Crippen LogP) is 2.53. The summed E-state index contributed by atoms with van der Waals surface area (Å²) in [5.41, 5.74) is 2.14. The first kappa shape index (κ1) is 20.2. The molecular formula is C22H32N4O3. The van der Waals surface area contributed by atoms with Crippen LogP contribution < -0.4 is 4.90 Å². The van der Waals surface area contributed by atoms with Crippen LogP contribution in [0, 0.1) is 5.92 Å². The minimum Gasteiger partial charge on any atom is -0.383 e. The minimum atomic E-state index is 0.0977. The number of piperidine rings is 1. The number of ether oxygens (including phenoxy) is 2. The molecule has 0 aliphatic carbocycles. The summed E-state index contributed by atoms with van der Waals surface area (Å²) >= 11 is 0. The molecule has 0 radical (unpaired) electrons. The second kappa shape index (κ2) is 8.71. The van der Waals surface area contributed by atoms with Gasteiger partial charge in [0.15, 0.2) is 0 Å². The average Bonchev–Trinajstić information content (AvgIpc) is 3.09. The Hall–Kier alpha value is -2.12. The van der Waals surface area contributed by atoms with Crippen molar-refractivity contribution in [2.75, 3.05) is 44.8 Å². The fraction of sp³-hybridized carbons (Fsp3) is 0.636. The standard InChI is InChI=1S/C22H32N4O3/c1-16-14-25(15-17(2)29-16)21(27)18-8-10-24(11-9-18)22-23-19-6-4-5-7-20(19)26(22)12-13-28-3/h4-7,16-18H,8-15H2,1-3H3. The summed E-state index contributed by atoms with van der Waals surface area (Å²) in [7, 11) is 1.73. The summed E-state index contributed by atoms with van der Waals surface area (Å²) < 4.78 is 13.3. The van der Waals surface area contributed by atoms with Crippen LogP contribution in [0.25, 0.3) is 11.0 Å². The first-order valence-electron chi connectivity index (χ1n) is 10.7. The van der Waals surface area contributed by atoms with E-state index in [4.69, 9.17) is 14.5 Å². The van der Waals surface area contributed by atoms with Gasteiger partial charge in [-0.3, -0.25) is 4.79 Å². The number of benzene rings is 1. The molecule has 1 aromatic heterocycles. The van der Waals surface area contributed by atoms with E-state index in [2.05, 4.69) is 21.6 Å². The maximum absolute atomic E-state index is 13.1. The SMILES string of the molecule is COCCn1c(N2CCC(C(=O)N3CC(C)OC(C)C3)CC2)nc2ccccc21. The van der Waals surface area contributed by atoms with Crippen LogP contribution in [-0.2, 0) is 20.8 Å². The van der Waals surface area contributed by atoms with E-state index in [-0.39, 0.29) is 18.1 Å². The van der Waals surface area contributed by atoms with Gasteiger partial charge in [-0.2, -0.15) is 0 Å². The molecule has 7 heteroatoms. The highest BCUT2D eigenvalue weighted by molar-refractivity contribution is 5.80. The van der Waals surface area contributed by atoms with E-state index in [1.54, 1.807) is 7.11 Å². The molecule has 2 aliphatic rings. The molecule has 2 unspecified atom stereocenters. The molecule has 2 aliphatic heterocycles. The summed E-state index contributed by atoms with van der Waals surface area (Å²) in [6.07, 6.45) is 1.96. The van der Waals surface area contributed by atoms with Crippen LogP contribution in [-0.4, -0.2) is 72.5 Å². The molecule has 0 saturated carbocycles. The summed E-state index contributed by atoms with van der Waals surface area (Å²) in [4.78, 5) is 22.3. The number of carbonyl (C=O) groups is 1. The van der Waals surface area contributed by atoms with E-state index in [0.717, 1.165) is 49.5 Å². The fourth-order valence-electron chi connectivity index (χ4n) is 4.65. The molecule has 2 saturated heterocycles. The number of para-hydroxylation sites is 2. The van der Waals surface area contributed by atoms with Gasteiger partial charge in [0.2, 0.25) is 11.9 Å². The first-order valence-corrected chi connectivity index (χ1v) is 10.7. The van der Waals surface area contributed by atoms with Gasteiger partial charge in [-0.15, -0.1) is 0 Å². The zero-order valence-corrected chi connectivity index (χ0v) is 17.7. The summed E-state index contributed by atoms with van der Waals surface area (Å²) in [5.74, 6) is 1.38. The van der Waals surface area contributed by atoms with Gasteiger partial charge in [0.1, 0.15) is 0 Å². The monoisotopic (exact) mass is 400 g/mol. The van der Waals surface area contributed by atoms with E-state index < -0.39 is 0 Å². The molecule has 0 N–H and O–H groups in total. The third kappa shape index (κ3) is 4.26. The highest BCUT2D eigenvalue weighted by atomic mass is 16.5. The predicted molar refractivity (Wildman–Crippen MR) is 113 cm³/mol. The van der Waals surface area contributed by atoms with Gasteiger partial charge >= 0.3 is 0 Å². The molecule has 1 aromatic carbocycles. The van der Waals surface area contributed by atoms with Crippen LogP contribution in [0.2, 0.25) is 0 Å². The number of nitrogens with zero attached hydrogens (tertiary/aromatic N) is 4. The molecule has 0 bridgehead atoms. The van der Waals surface area contributed by atoms with Crippen molar-refractivity contribution in [2.24, 2.45) is 5.92 Å². The Morgan fingerprint density at radius 3 is 2.55 bits per heavy atom. The smallest absolute Gasteiger partial charge is 0.225 e. The Morgan fingerprint density at radius 1 is 1.17 bits per heavy atom. The minimum absolute atomic E-state index is 0.0977. The number of rotatable bonds is 5. The van der Waals surface area contributed by atoms with Gasteiger partial charge in [-0.1, -0.05) is 12.1 Å². The van der Waals surface area contributed by atoms with Gasteiger partial charge in [0.05, 0.1) is 29.8 Å². The summed E-state index contributed by atoms with van der Waals surface area (Å²) in [6.45, 7) is 8.62. The van der Waals surface area contributed by atoms with Crippen LogP contribution in [0.15, 0.2) is 24.3 Å². The molecule has 29 heavy (non-hydrogen) atoms. The zero-order valence-electron chi connectivity index (χ0n) is 17.7. The largest absolute Gasteiger partial charge is 0.383 e. The Kier molecular flexibility index (Phi) is 6.06. The number of amides is 1. The van der Waals surface area contributed by atoms with Crippen LogP contribution in [0.4, 0.5) is 5.95 Å². The maximum atomic E-state index is 13.1. The average molecular weight is 401 g/mol. The molecule has 0 spiro atoms. The number of anilines is 1. The quantitative estimate of drug-likeness (QED) is 0.772. The molecule has 4 rings (SSSR count). The second-order valence-corrected chi connectivity index (χ2v) is 8.31. The van der Waals surface area contributed by atoms with E-state index in [0.29, 0.717) is 25.6 Å². The van der Waals surface area contributed by atoms with Crippen molar-refractivity contribution in [3.05, 3.63) is 24.3 Å². The highest BCUT2D eigenvalue weighted by Gasteiger charge is 2.33. The lowest BCUT2D eigenvalue weighted by Gasteiger charge is -2.39. The number of imidazole rings is 1. The molecule has 1 amide bonds. The Morgan fingerprint density at radius 2 is 1.86 bits per heavy atom. The van der Waals surface area contributed by atoms with Gasteiger partial charge in [0.25, 0.3) is 0 Å². The van der Waals surface area contributed by atoms with E-state index in [1.807, 2.05) is 30.9 Å². The number of methoxy groups -OCH3 is 1. The lowest BCUT2D eigenvalue weighted by molar-refractivity contribution is -0.148. The van der Waals surface area contributed by atoms with E-state index in [1.165, 1.54) is 0 Å².